The van der Waals surface area contributed by atoms with Crippen LogP contribution in [0.15, 0.2) is 47.4 Å². The van der Waals surface area contributed by atoms with Gasteiger partial charge in [0.25, 0.3) is 0 Å². The topological polar surface area (TPSA) is 110 Å². The average molecular weight is 434 g/mol. The highest BCUT2D eigenvalue weighted by atomic mass is 32.2. The molecule has 2 amide bonds. The summed E-state index contributed by atoms with van der Waals surface area (Å²) in [5.41, 5.74) is 7.47. The van der Waals surface area contributed by atoms with Gasteiger partial charge in [-0.3, -0.25) is 9.59 Å². The van der Waals surface area contributed by atoms with Gasteiger partial charge in [0, 0.05) is 32.5 Å². The van der Waals surface area contributed by atoms with E-state index in [2.05, 4.69) is 5.32 Å². The van der Waals surface area contributed by atoms with Crippen LogP contribution in [0.1, 0.15) is 29.5 Å². The maximum atomic E-state index is 13.6. The second-order valence-corrected chi connectivity index (χ2v) is 9.44. The fourth-order valence-corrected chi connectivity index (χ4v) is 5.20. The number of aryl methyl sites for hydroxylation is 1. The highest BCUT2D eigenvalue weighted by molar-refractivity contribution is 7.89. The van der Waals surface area contributed by atoms with E-state index in [1.54, 1.807) is 0 Å². The predicted molar refractivity (Wildman–Crippen MR) is 109 cm³/mol. The van der Waals surface area contributed by atoms with Crippen LogP contribution in [0.2, 0.25) is 0 Å². The van der Waals surface area contributed by atoms with Crippen molar-refractivity contribution in [3.8, 4) is 0 Å². The Labute approximate surface area is 175 Å². The molecular formula is C21H24FN3O4S. The number of nitrogens with zero attached hydrogens (tertiary/aromatic N) is 1. The largest absolute Gasteiger partial charge is 0.369 e. The molecule has 0 aliphatic carbocycles. The van der Waals surface area contributed by atoms with Crippen LogP contribution < -0.4 is 11.1 Å². The second-order valence-electron chi connectivity index (χ2n) is 7.50. The highest BCUT2D eigenvalue weighted by Crippen LogP contribution is 2.36. The van der Waals surface area contributed by atoms with Gasteiger partial charge in [-0.2, -0.15) is 4.31 Å². The molecule has 0 saturated carbocycles. The van der Waals surface area contributed by atoms with Crippen LogP contribution in [0.3, 0.4) is 0 Å². The summed E-state index contributed by atoms with van der Waals surface area (Å²) in [6, 6.07) is 10.9. The van der Waals surface area contributed by atoms with Gasteiger partial charge in [-0.1, -0.05) is 24.3 Å². The Bertz CT molecular complexity index is 1070. The molecule has 0 unspecified atom stereocenters. The first-order valence-electron chi connectivity index (χ1n) is 9.48. The Kier molecular flexibility index (Phi) is 6.23. The minimum atomic E-state index is -3.90. The van der Waals surface area contributed by atoms with Crippen molar-refractivity contribution in [1.29, 1.82) is 0 Å². The first-order chi connectivity index (χ1) is 14.1. The van der Waals surface area contributed by atoms with Crippen LogP contribution >= 0.6 is 0 Å². The van der Waals surface area contributed by atoms with Crippen molar-refractivity contribution in [3.63, 3.8) is 0 Å². The Balaban J connectivity index is 1.85. The van der Waals surface area contributed by atoms with Gasteiger partial charge in [0.15, 0.2) is 0 Å². The maximum absolute atomic E-state index is 13.6. The standard InChI is InChI=1S/C21H24FN3O4S/c1-13-9-17(7-8-20(13)22)30(28,29)25-11-18(19(12-25)21(23)27)16-5-3-15(4-6-16)10-24-14(2)26/h3-9,18-19H,10-12H2,1-2H3,(H2,23,27)(H,24,26)/t18-,19+/m1/s1. The number of hydrogen-bond donors (Lipinski definition) is 2. The highest BCUT2D eigenvalue weighted by Gasteiger charge is 2.42. The lowest BCUT2D eigenvalue weighted by Gasteiger charge is -2.17. The molecule has 0 aromatic heterocycles. The zero-order chi connectivity index (χ0) is 22.1. The van der Waals surface area contributed by atoms with Gasteiger partial charge < -0.3 is 11.1 Å². The molecule has 2 aromatic rings. The molecular weight excluding hydrogens is 409 g/mol. The number of halogens is 1. The molecule has 3 N–H and O–H groups in total. The fraction of sp³-hybridized carbons (Fsp3) is 0.333. The third-order valence-electron chi connectivity index (χ3n) is 5.37. The Morgan fingerprint density at radius 2 is 1.83 bits per heavy atom. The molecule has 9 heteroatoms. The van der Waals surface area contributed by atoms with Crippen molar-refractivity contribution < 1.29 is 22.4 Å². The van der Waals surface area contributed by atoms with Crippen molar-refractivity contribution in [2.45, 2.75) is 31.2 Å². The van der Waals surface area contributed by atoms with Crippen LogP contribution in [0.4, 0.5) is 4.39 Å². The number of nitrogens with one attached hydrogen (secondary N) is 1. The lowest BCUT2D eigenvalue weighted by atomic mass is 9.88. The van der Waals surface area contributed by atoms with E-state index in [0.717, 1.165) is 17.2 Å². The van der Waals surface area contributed by atoms with Crippen LogP contribution in [-0.2, 0) is 26.2 Å². The summed E-state index contributed by atoms with van der Waals surface area (Å²) in [6.07, 6.45) is 0. The van der Waals surface area contributed by atoms with E-state index >= 15 is 0 Å². The summed E-state index contributed by atoms with van der Waals surface area (Å²) in [6.45, 7) is 3.37. The molecule has 1 heterocycles. The summed E-state index contributed by atoms with van der Waals surface area (Å²) in [7, 11) is -3.90. The molecule has 1 aliphatic rings. The van der Waals surface area contributed by atoms with Crippen molar-refractivity contribution in [1.82, 2.24) is 9.62 Å². The smallest absolute Gasteiger partial charge is 0.243 e. The number of benzene rings is 2. The lowest BCUT2D eigenvalue weighted by Crippen LogP contribution is -2.32. The Hall–Kier alpha value is -2.78. The van der Waals surface area contributed by atoms with Crippen molar-refractivity contribution in [2.75, 3.05) is 13.1 Å². The first kappa shape index (κ1) is 21.9. The molecule has 0 spiro atoms. The molecule has 2 aromatic carbocycles. The van der Waals surface area contributed by atoms with Crippen molar-refractivity contribution in [2.24, 2.45) is 11.7 Å². The van der Waals surface area contributed by atoms with Gasteiger partial charge in [0.2, 0.25) is 21.8 Å². The molecule has 1 saturated heterocycles. The van der Waals surface area contributed by atoms with Crippen molar-refractivity contribution >= 4 is 21.8 Å². The maximum Gasteiger partial charge on any atom is 0.243 e. The Morgan fingerprint density at radius 1 is 1.17 bits per heavy atom. The third kappa shape index (κ3) is 4.52. The number of amides is 2. The van der Waals surface area contributed by atoms with E-state index in [0.29, 0.717) is 6.54 Å². The second kappa shape index (κ2) is 8.53. The minimum Gasteiger partial charge on any atom is -0.369 e. The lowest BCUT2D eigenvalue weighted by molar-refractivity contribution is -0.121. The number of carbonyl (C=O) groups excluding carboxylic acids is 2. The average Bonchev–Trinajstić information content (AvgIpc) is 3.15. The molecule has 0 radical (unpaired) electrons. The van der Waals surface area contributed by atoms with Crippen LogP contribution in [0.5, 0.6) is 0 Å². The zero-order valence-corrected chi connectivity index (χ0v) is 17.6. The summed E-state index contributed by atoms with van der Waals surface area (Å²) in [4.78, 5) is 23.1. The summed E-state index contributed by atoms with van der Waals surface area (Å²) in [5.74, 6) is -2.27. The number of sulfonamides is 1. The molecule has 2 atom stereocenters. The quantitative estimate of drug-likeness (QED) is 0.722. The fourth-order valence-electron chi connectivity index (χ4n) is 3.63. The van der Waals surface area contributed by atoms with Crippen molar-refractivity contribution in [3.05, 3.63) is 65.0 Å². The number of carbonyl (C=O) groups is 2. The van der Waals surface area contributed by atoms with Gasteiger partial charge in [-0.25, -0.2) is 12.8 Å². The third-order valence-corrected chi connectivity index (χ3v) is 7.20. The number of hydrogen-bond acceptors (Lipinski definition) is 4. The number of rotatable bonds is 6. The molecule has 1 aliphatic heterocycles. The van der Waals surface area contributed by atoms with E-state index < -0.39 is 33.6 Å². The van der Waals surface area contributed by atoms with Crippen LogP contribution in [0.25, 0.3) is 0 Å². The monoisotopic (exact) mass is 433 g/mol. The van der Waals surface area contributed by atoms with Crippen LogP contribution in [0, 0.1) is 18.7 Å². The molecule has 30 heavy (non-hydrogen) atoms. The van der Waals surface area contributed by atoms with E-state index in [-0.39, 0.29) is 29.5 Å². The van der Waals surface area contributed by atoms with Gasteiger partial charge in [0.1, 0.15) is 5.82 Å². The number of nitrogens with two attached hydrogens (primary N) is 1. The molecule has 3 rings (SSSR count). The molecule has 0 bridgehead atoms. The van der Waals surface area contributed by atoms with Gasteiger partial charge in [-0.15, -0.1) is 0 Å². The van der Waals surface area contributed by atoms with Gasteiger partial charge in [0.05, 0.1) is 10.8 Å². The SMILES string of the molecule is CC(=O)NCc1ccc([C@H]2CN(S(=O)(=O)c3ccc(F)c(C)c3)C[C@@H]2C(N)=O)cc1. The zero-order valence-electron chi connectivity index (χ0n) is 16.8. The predicted octanol–water partition coefficient (Wildman–Crippen LogP) is 1.66. The normalized spacial score (nSPS) is 19.6. The van der Waals surface area contributed by atoms with Gasteiger partial charge >= 0.3 is 0 Å². The van der Waals surface area contributed by atoms with E-state index in [9.17, 15) is 22.4 Å². The summed E-state index contributed by atoms with van der Waals surface area (Å²) >= 11 is 0. The van der Waals surface area contributed by atoms with E-state index in [1.165, 1.54) is 30.3 Å². The van der Waals surface area contributed by atoms with E-state index in [1.807, 2.05) is 24.3 Å². The van der Waals surface area contributed by atoms with Gasteiger partial charge in [-0.05, 0) is 41.8 Å². The van der Waals surface area contributed by atoms with E-state index in [4.69, 9.17) is 5.73 Å². The minimum absolute atomic E-state index is 0.0177. The Morgan fingerprint density at radius 3 is 2.40 bits per heavy atom. The molecule has 160 valence electrons. The number of primary amides is 1. The molecule has 1 fully saturated rings. The van der Waals surface area contributed by atoms with Crippen LogP contribution in [-0.4, -0.2) is 37.6 Å². The summed E-state index contributed by atoms with van der Waals surface area (Å²) < 4.78 is 40.9. The molecule has 7 nitrogen and oxygen atoms in total. The first-order valence-corrected chi connectivity index (χ1v) is 10.9. The summed E-state index contributed by atoms with van der Waals surface area (Å²) in [5, 5.41) is 2.70.